The van der Waals surface area contributed by atoms with Crippen molar-refractivity contribution in [2.45, 2.75) is 96.9 Å². The van der Waals surface area contributed by atoms with Gasteiger partial charge in [0, 0.05) is 12.8 Å². The molecule has 1 saturated heterocycles. The zero-order valence-corrected chi connectivity index (χ0v) is 25.1. The third-order valence-electron chi connectivity index (χ3n) is 9.04. The van der Waals surface area contributed by atoms with Crippen LogP contribution in [0.5, 0.6) is 0 Å². The average molecular weight is 566 g/mol. The maximum atomic E-state index is 13.1. The molecular weight excluding hydrogens is 525 g/mol. The van der Waals surface area contributed by atoms with E-state index in [0.717, 1.165) is 18.4 Å². The Morgan fingerprint density at radius 1 is 1.12 bits per heavy atom. The molecule has 0 spiro atoms. The third kappa shape index (κ3) is 5.79. The molecule has 6 rings (SSSR count). The van der Waals surface area contributed by atoms with Gasteiger partial charge in [-0.25, -0.2) is 4.79 Å². The van der Waals surface area contributed by atoms with E-state index in [1.54, 1.807) is 18.2 Å². The molecule has 214 valence electrons. The summed E-state index contributed by atoms with van der Waals surface area (Å²) in [5.74, 6) is -0.142. The van der Waals surface area contributed by atoms with Crippen LogP contribution in [0.2, 0.25) is 0 Å². The summed E-state index contributed by atoms with van der Waals surface area (Å²) in [7, 11) is -0.632. The molecule has 2 bridgehead atoms. The smallest absolute Gasteiger partial charge is 0.456 e. The number of amides is 1. The number of esters is 1. The number of thiophene rings is 1. The zero-order chi connectivity index (χ0) is 28.9. The minimum absolute atomic E-state index is 0.0258. The Labute approximate surface area is 241 Å². The number of Topliss-reactive ketones (excluding diaryl/α,β-unsaturated/α-hetero) is 1. The van der Waals surface area contributed by atoms with Crippen LogP contribution in [0, 0.1) is 17.3 Å². The number of rotatable bonds is 9. The monoisotopic (exact) mass is 565 g/mol. The van der Waals surface area contributed by atoms with Crippen molar-refractivity contribution in [3.8, 4) is 0 Å². The second-order valence-electron chi connectivity index (χ2n) is 13.3. The van der Waals surface area contributed by atoms with E-state index in [1.165, 1.54) is 11.3 Å². The largest absolute Gasteiger partial charge is 0.482 e. The van der Waals surface area contributed by atoms with E-state index in [2.05, 4.69) is 26.1 Å². The lowest BCUT2D eigenvalue weighted by Gasteiger charge is -2.64. The Morgan fingerprint density at radius 3 is 2.58 bits per heavy atom. The highest BCUT2D eigenvalue weighted by Crippen LogP contribution is 2.65. The molecule has 9 heteroatoms. The van der Waals surface area contributed by atoms with Gasteiger partial charge in [-0.05, 0) is 93.4 Å². The van der Waals surface area contributed by atoms with Crippen molar-refractivity contribution in [1.82, 2.24) is 5.32 Å². The molecule has 4 unspecified atom stereocenters. The Bertz CT molecular complexity index is 1270. The van der Waals surface area contributed by atoms with Crippen LogP contribution in [0.3, 0.4) is 0 Å². The van der Waals surface area contributed by atoms with Gasteiger partial charge in [0.1, 0.15) is 5.60 Å². The van der Waals surface area contributed by atoms with Gasteiger partial charge in [-0.15, -0.1) is 11.3 Å². The fourth-order valence-electron chi connectivity index (χ4n) is 6.77. The maximum Gasteiger partial charge on any atom is 0.482 e. The molecule has 4 aliphatic rings. The van der Waals surface area contributed by atoms with Gasteiger partial charge in [0.25, 0.3) is 0 Å². The minimum atomic E-state index is -0.632. The van der Waals surface area contributed by atoms with E-state index in [0.29, 0.717) is 28.7 Å². The number of benzene rings is 1. The number of hydrogen-bond donors (Lipinski definition) is 1. The second-order valence-corrected chi connectivity index (χ2v) is 14.3. The standard InChI is InChI=1S/C31H40BNO6S/c1-29(2,3)37-28(36)20-10-7-9-19(15-20)16-26(33-27(35)13-12-22(34)23-11-8-14-40-23)32-38-25-18-21-17-24(30(21,4)5)31(25,6)39-32/h7-11,14-15,21,24-26H,12-13,16-18H2,1-6H3,(H,33,35)/t21?,24-,25?,26?,31?/m1/s1. The normalized spacial score (nSPS) is 27.4. The molecule has 1 aromatic carbocycles. The number of carbonyl (C=O) groups is 3. The molecule has 0 radical (unpaired) electrons. The molecule has 1 aromatic heterocycles. The van der Waals surface area contributed by atoms with Crippen molar-refractivity contribution >= 4 is 36.1 Å². The fourth-order valence-corrected chi connectivity index (χ4v) is 7.46. The van der Waals surface area contributed by atoms with E-state index in [9.17, 15) is 14.4 Å². The lowest BCUT2D eigenvalue weighted by atomic mass is 9.43. The van der Waals surface area contributed by atoms with Gasteiger partial charge in [-0.3, -0.25) is 9.59 Å². The highest BCUT2D eigenvalue weighted by atomic mass is 32.1. The van der Waals surface area contributed by atoms with Gasteiger partial charge in [0.05, 0.1) is 28.1 Å². The Balaban J connectivity index is 1.32. The van der Waals surface area contributed by atoms with E-state index < -0.39 is 30.2 Å². The first-order valence-corrected chi connectivity index (χ1v) is 15.2. The highest BCUT2D eigenvalue weighted by molar-refractivity contribution is 7.12. The average Bonchev–Trinajstić information content (AvgIpc) is 3.53. The van der Waals surface area contributed by atoms with Gasteiger partial charge >= 0.3 is 13.1 Å². The van der Waals surface area contributed by atoms with Crippen molar-refractivity contribution in [2.75, 3.05) is 0 Å². The number of ketones is 1. The molecule has 1 amide bonds. The van der Waals surface area contributed by atoms with Gasteiger partial charge in [0.2, 0.25) is 5.91 Å². The van der Waals surface area contributed by atoms with Crippen molar-refractivity contribution in [1.29, 1.82) is 0 Å². The fraction of sp³-hybridized carbons (Fsp3) is 0.581. The number of ether oxygens (including phenoxy) is 1. The second kappa shape index (κ2) is 10.7. The van der Waals surface area contributed by atoms with Crippen molar-refractivity contribution in [2.24, 2.45) is 17.3 Å². The minimum Gasteiger partial charge on any atom is -0.456 e. The van der Waals surface area contributed by atoms with Crippen LogP contribution in [-0.4, -0.2) is 48.0 Å². The van der Waals surface area contributed by atoms with E-state index in [1.807, 2.05) is 44.4 Å². The third-order valence-corrected chi connectivity index (χ3v) is 9.95. The van der Waals surface area contributed by atoms with Crippen molar-refractivity contribution in [3.63, 3.8) is 0 Å². The first-order valence-electron chi connectivity index (χ1n) is 14.3. The van der Waals surface area contributed by atoms with Crippen LogP contribution >= 0.6 is 11.3 Å². The van der Waals surface area contributed by atoms with Crippen LogP contribution in [0.25, 0.3) is 0 Å². The molecule has 3 saturated carbocycles. The molecule has 3 aliphatic carbocycles. The molecule has 4 fully saturated rings. The summed E-state index contributed by atoms with van der Waals surface area (Å²) in [4.78, 5) is 39.0. The molecule has 2 aromatic rings. The first kappa shape index (κ1) is 29.0. The quantitative estimate of drug-likeness (QED) is 0.240. The molecule has 1 N–H and O–H groups in total. The highest BCUT2D eigenvalue weighted by Gasteiger charge is 2.68. The summed E-state index contributed by atoms with van der Waals surface area (Å²) in [5, 5.41) is 4.97. The topological polar surface area (TPSA) is 90.9 Å². The summed E-state index contributed by atoms with van der Waals surface area (Å²) in [6.07, 6.45) is 2.68. The van der Waals surface area contributed by atoms with Crippen LogP contribution in [0.1, 0.15) is 92.8 Å². The van der Waals surface area contributed by atoms with E-state index in [4.69, 9.17) is 14.0 Å². The molecule has 40 heavy (non-hydrogen) atoms. The first-order chi connectivity index (χ1) is 18.8. The number of hydrogen-bond acceptors (Lipinski definition) is 7. The molecule has 7 nitrogen and oxygen atoms in total. The summed E-state index contributed by atoms with van der Waals surface area (Å²) >= 11 is 1.38. The van der Waals surface area contributed by atoms with Gasteiger partial charge in [0.15, 0.2) is 5.78 Å². The molecular formula is C31H40BNO6S. The summed E-state index contributed by atoms with van der Waals surface area (Å²) < 4.78 is 18.8. The lowest BCUT2D eigenvalue weighted by molar-refractivity contribution is -0.199. The van der Waals surface area contributed by atoms with Crippen molar-refractivity contribution in [3.05, 3.63) is 57.8 Å². The number of carbonyl (C=O) groups excluding carboxylic acids is 3. The van der Waals surface area contributed by atoms with Crippen LogP contribution in [0.15, 0.2) is 41.8 Å². The van der Waals surface area contributed by atoms with Gasteiger partial charge in [-0.2, -0.15) is 0 Å². The van der Waals surface area contributed by atoms with Crippen molar-refractivity contribution < 1.29 is 28.4 Å². The summed E-state index contributed by atoms with van der Waals surface area (Å²) in [6, 6.07) is 10.9. The molecule has 1 aliphatic heterocycles. The molecule has 2 heterocycles. The summed E-state index contributed by atoms with van der Waals surface area (Å²) in [5.41, 5.74) is 0.497. The van der Waals surface area contributed by atoms with Crippen LogP contribution in [-0.2, 0) is 25.3 Å². The van der Waals surface area contributed by atoms with Crippen LogP contribution < -0.4 is 5.32 Å². The summed E-state index contributed by atoms with van der Waals surface area (Å²) in [6.45, 7) is 12.3. The van der Waals surface area contributed by atoms with E-state index in [-0.39, 0.29) is 36.1 Å². The Morgan fingerprint density at radius 2 is 1.90 bits per heavy atom. The molecule has 5 atom stereocenters. The Kier molecular flexibility index (Phi) is 7.79. The maximum absolute atomic E-state index is 13.1. The van der Waals surface area contributed by atoms with Gasteiger partial charge < -0.3 is 19.4 Å². The predicted octanol–water partition coefficient (Wildman–Crippen LogP) is 5.66. The zero-order valence-electron chi connectivity index (χ0n) is 24.3. The number of nitrogens with one attached hydrogen (secondary N) is 1. The predicted molar refractivity (Wildman–Crippen MR) is 155 cm³/mol. The SMILES string of the molecule is CC(C)(C)OC(=O)c1cccc(CC(NC(=O)CCC(=O)c2cccs2)B2OC3CC4C[C@H](C4(C)C)C3(C)O2)c1. The Hall–Kier alpha value is -2.49. The lowest BCUT2D eigenvalue weighted by Crippen LogP contribution is -2.65. The van der Waals surface area contributed by atoms with Crippen LogP contribution in [0.4, 0.5) is 0 Å². The van der Waals surface area contributed by atoms with E-state index >= 15 is 0 Å². The van der Waals surface area contributed by atoms with Gasteiger partial charge in [-0.1, -0.05) is 32.0 Å².